The molecule has 1 saturated heterocycles. The first-order valence-corrected chi connectivity index (χ1v) is 5.21. The fourth-order valence-electron chi connectivity index (χ4n) is 2.02. The zero-order chi connectivity index (χ0) is 11.7. The van der Waals surface area contributed by atoms with Gasteiger partial charge in [0, 0.05) is 12.1 Å². The van der Waals surface area contributed by atoms with Crippen molar-refractivity contribution < 1.29 is 18.3 Å². The van der Waals surface area contributed by atoms with Crippen LogP contribution in [0.25, 0.3) is 0 Å². The van der Waals surface area contributed by atoms with Crippen LogP contribution in [0.15, 0.2) is 6.07 Å². The molecule has 1 unspecified atom stereocenters. The molecule has 16 heavy (non-hydrogen) atoms. The molecule has 0 spiro atoms. The lowest BCUT2D eigenvalue weighted by Crippen LogP contribution is -2.28. The molecule has 0 amide bonds. The summed E-state index contributed by atoms with van der Waals surface area (Å²) in [4.78, 5) is 0. The van der Waals surface area contributed by atoms with Crippen molar-refractivity contribution in [3.63, 3.8) is 0 Å². The van der Waals surface area contributed by atoms with Gasteiger partial charge in [-0.2, -0.15) is 0 Å². The normalized spacial score (nSPS) is 21.1. The van der Waals surface area contributed by atoms with E-state index in [0.29, 0.717) is 19.0 Å². The lowest BCUT2D eigenvalue weighted by Gasteiger charge is -2.25. The molecule has 1 aliphatic rings. The van der Waals surface area contributed by atoms with Crippen molar-refractivity contribution in [3.05, 3.63) is 29.1 Å². The number of aromatic hydroxyl groups is 1. The summed E-state index contributed by atoms with van der Waals surface area (Å²) in [6.07, 6.45) is 2.35. The number of phenolic OH excluding ortho intramolecular Hbond substituents is 1. The van der Waals surface area contributed by atoms with Gasteiger partial charge < -0.3 is 10.4 Å². The van der Waals surface area contributed by atoms with Gasteiger partial charge in [-0.1, -0.05) is 6.42 Å². The highest BCUT2D eigenvalue weighted by Crippen LogP contribution is 2.34. The Morgan fingerprint density at radius 2 is 1.94 bits per heavy atom. The predicted molar refractivity (Wildman–Crippen MR) is 52.6 cm³/mol. The Balaban J connectivity index is 2.45. The second kappa shape index (κ2) is 4.33. The Hall–Kier alpha value is -1.23. The van der Waals surface area contributed by atoms with E-state index in [1.54, 1.807) is 0 Å². The van der Waals surface area contributed by atoms with Crippen LogP contribution in [0.1, 0.15) is 30.9 Å². The third kappa shape index (κ3) is 1.87. The molecule has 0 aliphatic carbocycles. The largest absolute Gasteiger partial charge is 0.505 e. The number of halogens is 3. The van der Waals surface area contributed by atoms with E-state index in [2.05, 4.69) is 5.32 Å². The van der Waals surface area contributed by atoms with Gasteiger partial charge in [0.15, 0.2) is 23.2 Å². The number of benzene rings is 1. The molecule has 0 aromatic heterocycles. The van der Waals surface area contributed by atoms with Crippen molar-refractivity contribution in [2.75, 3.05) is 6.54 Å². The molecular weight excluding hydrogens is 219 g/mol. The number of piperidine rings is 1. The average Bonchev–Trinajstić information content (AvgIpc) is 2.28. The molecule has 0 radical (unpaired) electrons. The van der Waals surface area contributed by atoms with Crippen LogP contribution in [0.3, 0.4) is 0 Å². The summed E-state index contributed by atoms with van der Waals surface area (Å²) in [6, 6.07) is -0.157. The molecule has 0 saturated carbocycles. The highest BCUT2D eigenvalue weighted by molar-refractivity contribution is 5.38. The van der Waals surface area contributed by atoms with E-state index in [4.69, 9.17) is 0 Å². The van der Waals surface area contributed by atoms with Crippen LogP contribution < -0.4 is 5.32 Å². The van der Waals surface area contributed by atoms with Gasteiger partial charge in [-0.3, -0.25) is 0 Å². The minimum atomic E-state index is -1.27. The summed E-state index contributed by atoms with van der Waals surface area (Å²) >= 11 is 0. The average molecular weight is 231 g/mol. The van der Waals surface area contributed by atoms with Gasteiger partial charge in [0.05, 0.1) is 5.56 Å². The molecule has 2 rings (SSSR count). The van der Waals surface area contributed by atoms with Crippen LogP contribution in [-0.2, 0) is 0 Å². The molecule has 1 heterocycles. The second-order valence-electron chi connectivity index (χ2n) is 3.92. The van der Waals surface area contributed by atoms with Gasteiger partial charge in [0.1, 0.15) is 0 Å². The van der Waals surface area contributed by atoms with Crippen molar-refractivity contribution in [1.29, 1.82) is 0 Å². The summed E-state index contributed by atoms with van der Waals surface area (Å²) < 4.78 is 39.6. The first kappa shape index (κ1) is 11.3. The van der Waals surface area contributed by atoms with Gasteiger partial charge >= 0.3 is 0 Å². The van der Waals surface area contributed by atoms with E-state index in [-0.39, 0.29) is 5.56 Å². The molecule has 0 bridgehead atoms. The van der Waals surface area contributed by atoms with E-state index < -0.39 is 29.2 Å². The summed E-state index contributed by atoms with van der Waals surface area (Å²) in [6.45, 7) is 0.654. The summed E-state index contributed by atoms with van der Waals surface area (Å²) in [7, 11) is 0. The van der Waals surface area contributed by atoms with Gasteiger partial charge in [0.25, 0.3) is 0 Å². The number of hydrogen-bond acceptors (Lipinski definition) is 2. The minimum Gasteiger partial charge on any atom is -0.505 e. The van der Waals surface area contributed by atoms with Crippen molar-refractivity contribution in [3.8, 4) is 5.75 Å². The van der Waals surface area contributed by atoms with Crippen LogP contribution in [0, 0.1) is 17.5 Å². The summed E-state index contributed by atoms with van der Waals surface area (Å²) in [5.41, 5.74) is -0.294. The van der Waals surface area contributed by atoms with Gasteiger partial charge in [0.2, 0.25) is 0 Å². The van der Waals surface area contributed by atoms with Crippen LogP contribution in [0.4, 0.5) is 13.2 Å². The lowest BCUT2D eigenvalue weighted by atomic mass is 9.96. The van der Waals surface area contributed by atoms with Crippen LogP contribution >= 0.6 is 0 Å². The number of rotatable bonds is 1. The Morgan fingerprint density at radius 1 is 1.19 bits per heavy atom. The molecule has 5 heteroatoms. The first-order valence-electron chi connectivity index (χ1n) is 5.21. The third-order valence-electron chi connectivity index (χ3n) is 2.84. The Kier molecular flexibility index (Phi) is 3.05. The molecule has 1 aromatic rings. The fraction of sp³-hybridized carbons (Fsp3) is 0.455. The monoisotopic (exact) mass is 231 g/mol. The third-order valence-corrected chi connectivity index (χ3v) is 2.84. The zero-order valence-corrected chi connectivity index (χ0v) is 8.56. The molecule has 1 aliphatic heterocycles. The molecule has 2 N–H and O–H groups in total. The maximum atomic E-state index is 13.5. The van der Waals surface area contributed by atoms with Crippen molar-refractivity contribution in [2.24, 2.45) is 0 Å². The van der Waals surface area contributed by atoms with Crippen LogP contribution in [-0.4, -0.2) is 11.7 Å². The number of nitrogens with one attached hydrogen (secondary N) is 1. The standard InChI is InChI=1S/C11H12F3NO/c12-6-5-7(13)11(16)9(10(6)14)8-3-1-2-4-15-8/h5,8,15-16H,1-4H2. The Morgan fingerprint density at radius 3 is 2.56 bits per heavy atom. The lowest BCUT2D eigenvalue weighted by molar-refractivity contribution is 0.353. The molecule has 1 atom stereocenters. The van der Waals surface area contributed by atoms with E-state index in [0.717, 1.165) is 12.8 Å². The molecule has 2 nitrogen and oxygen atoms in total. The van der Waals surface area contributed by atoms with Crippen molar-refractivity contribution in [1.82, 2.24) is 5.32 Å². The Labute approximate surface area is 91.1 Å². The smallest absolute Gasteiger partial charge is 0.168 e. The van der Waals surface area contributed by atoms with E-state index in [9.17, 15) is 18.3 Å². The minimum absolute atomic E-state index is 0.294. The molecule has 1 fully saturated rings. The van der Waals surface area contributed by atoms with E-state index in [1.165, 1.54) is 0 Å². The number of hydrogen-bond donors (Lipinski definition) is 2. The van der Waals surface area contributed by atoms with Gasteiger partial charge in [-0.25, -0.2) is 13.2 Å². The fourth-order valence-corrected chi connectivity index (χ4v) is 2.02. The van der Waals surface area contributed by atoms with Crippen LogP contribution in [0.2, 0.25) is 0 Å². The summed E-state index contributed by atoms with van der Waals surface area (Å²) in [5.74, 6) is -4.35. The zero-order valence-electron chi connectivity index (χ0n) is 8.56. The predicted octanol–water partition coefficient (Wildman–Crippen LogP) is 2.62. The highest BCUT2D eigenvalue weighted by atomic mass is 19.2. The van der Waals surface area contributed by atoms with E-state index in [1.807, 2.05) is 0 Å². The van der Waals surface area contributed by atoms with Crippen molar-refractivity contribution in [2.45, 2.75) is 25.3 Å². The first-order chi connectivity index (χ1) is 7.61. The van der Waals surface area contributed by atoms with Crippen molar-refractivity contribution >= 4 is 0 Å². The topological polar surface area (TPSA) is 32.3 Å². The molecule has 1 aromatic carbocycles. The van der Waals surface area contributed by atoms with Crippen LogP contribution in [0.5, 0.6) is 5.75 Å². The SMILES string of the molecule is Oc1c(F)cc(F)c(F)c1C1CCCCN1. The maximum Gasteiger partial charge on any atom is 0.168 e. The highest BCUT2D eigenvalue weighted by Gasteiger charge is 2.26. The Bertz CT molecular complexity index is 376. The number of phenols is 1. The maximum absolute atomic E-state index is 13.5. The quantitative estimate of drug-likeness (QED) is 0.728. The summed E-state index contributed by atoms with van der Waals surface area (Å²) in [5, 5.41) is 12.4. The second-order valence-corrected chi connectivity index (χ2v) is 3.92. The molecule has 88 valence electrons. The molecular formula is C11H12F3NO. The van der Waals surface area contributed by atoms with Gasteiger partial charge in [-0.15, -0.1) is 0 Å². The van der Waals surface area contributed by atoms with E-state index >= 15 is 0 Å². The van der Waals surface area contributed by atoms with Gasteiger partial charge in [-0.05, 0) is 19.4 Å².